The Bertz CT molecular complexity index is 1650. The van der Waals surface area contributed by atoms with Gasteiger partial charge in [0, 0.05) is 55.7 Å². The van der Waals surface area contributed by atoms with E-state index in [1.807, 2.05) is 67.3 Å². The van der Waals surface area contributed by atoms with Gasteiger partial charge >= 0.3 is 23.9 Å². The van der Waals surface area contributed by atoms with Crippen molar-refractivity contribution in [2.45, 2.75) is 86.8 Å². The van der Waals surface area contributed by atoms with Crippen LogP contribution in [-0.4, -0.2) is 129 Å². The lowest BCUT2D eigenvalue weighted by atomic mass is 9.71. The van der Waals surface area contributed by atoms with Gasteiger partial charge in [-0.2, -0.15) is 23.5 Å². The summed E-state index contributed by atoms with van der Waals surface area (Å²) in [5, 5.41) is 0. The second-order valence-corrected chi connectivity index (χ2v) is 16.9. The number of esters is 3. The van der Waals surface area contributed by atoms with Crippen molar-refractivity contribution in [3.8, 4) is 11.5 Å². The topological polar surface area (TPSA) is 185 Å². The molecule has 4 N–H and O–H groups in total. The van der Waals surface area contributed by atoms with Crippen molar-refractivity contribution in [2.75, 3.05) is 72.7 Å². The molecule has 2 aromatic rings. The Kier molecular flexibility index (Phi) is 18.0. The summed E-state index contributed by atoms with van der Waals surface area (Å²) in [6.07, 6.45) is 3.84. The molecular formula is C42H62N4O10S2. The lowest BCUT2D eigenvalue weighted by molar-refractivity contribution is -0.230. The van der Waals surface area contributed by atoms with Crippen LogP contribution in [0, 0.1) is 5.92 Å². The summed E-state index contributed by atoms with van der Waals surface area (Å²) in [4.78, 5) is 56.8. The molecule has 4 rings (SSSR count). The maximum atomic E-state index is 13.6. The number of cyclic esters (lactones) is 2. The van der Waals surface area contributed by atoms with Crippen molar-refractivity contribution in [3.05, 3.63) is 59.7 Å². The van der Waals surface area contributed by atoms with Crippen LogP contribution in [0.4, 0.5) is 0 Å². The number of hydrogen-bond acceptors (Lipinski definition) is 16. The number of ether oxygens (including phenoxy) is 6. The maximum Gasteiger partial charge on any atom is 0.369 e. The number of hydrogen-bond donors (Lipinski definition) is 2. The predicted octanol–water partition coefficient (Wildman–Crippen LogP) is 4.39. The summed E-state index contributed by atoms with van der Waals surface area (Å²) in [5.41, 5.74) is 10.7. The van der Waals surface area contributed by atoms with Crippen LogP contribution in [0.5, 0.6) is 11.5 Å². The highest BCUT2D eigenvalue weighted by molar-refractivity contribution is 7.98. The van der Waals surface area contributed by atoms with E-state index in [0.29, 0.717) is 56.9 Å². The third kappa shape index (κ3) is 11.0. The second kappa shape index (κ2) is 22.2. The van der Waals surface area contributed by atoms with Crippen LogP contribution >= 0.6 is 23.5 Å². The van der Waals surface area contributed by atoms with Crippen LogP contribution in [0.25, 0.3) is 0 Å². The standard InChI is InChI=1S/C42H62N4O10S2/c1-7-9-11-34(35(43)36(47)53-5)42(39(50)56-42)46(24-26-58-28-31-14-18-33(52-4)19-15-31)22-21-45(23-25-57-27-30-12-16-32(51-3)17-13-30)29-40(20-10-8-2)41(44,37(48)54-6)38(49)55-40/h12-19,34-35H,7-11,20-29,43-44H2,1-6H3. The first-order valence-corrected chi connectivity index (χ1v) is 22.3. The summed E-state index contributed by atoms with van der Waals surface area (Å²) in [7, 11) is 5.76. The Hall–Kier alpha value is -3.54. The van der Waals surface area contributed by atoms with E-state index in [4.69, 9.17) is 39.9 Å². The lowest BCUT2D eigenvalue weighted by Gasteiger charge is -2.54. The molecule has 0 spiro atoms. The number of unbranched alkanes of at least 4 members (excludes halogenated alkanes) is 2. The van der Waals surface area contributed by atoms with E-state index in [2.05, 4.69) is 4.90 Å². The number of methoxy groups -OCH3 is 4. The van der Waals surface area contributed by atoms with Gasteiger partial charge in [0.1, 0.15) is 17.5 Å². The van der Waals surface area contributed by atoms with Crippen LogP contribution in [0.2, 0.25) is 0 Å². The minimum Gasteiger partial charge on any atom is -0.497 e. The Morgan fingerprint density at radius 3 is 1.78 bits per heavy atom. The van der Waals surface area contributed by atoms with Crippen LogP contribution in [0.15, 0.2) is 48.5 Å². The van der Waals surface area contributed by atoms with Gasteiger partial charge in [-0.05, 0) is 54.7 Å². The number of thioether (sulfide) groups is 2. The Balaban J connectivity index is 1.62. The minimum atomic E-state index is -1.97. The van der Waals surface area contributed by atoms with Gasteiger partial charge in [0.15, 0.2) is 5.60 Å². The number of benzene rings is 2. The molecule has 322 valence electrons. The summed E-state index contributed by atoms with van der Waals surface area (Å²) >= 11 is 3.45. The first-order chi connectivity index (χ1) is 27.9. The van der Waals surface area contributed by atoms with Crippen LogP contribution in [0.1, 0.15) is 63.5 Å². The molecule has 5 atom stereocenters. The van der Waals surface area contributed by atoms with Crippen molar-refractivity contribution < 1.29 is 47.6 Å². The third-order valence-corrected chi connectivity index (χ3v) is 13.1. The van der Waals surface area contributed by atoms with Gasteiger partial charge < -0.3 is 39.9 Å². The number of nitrogens with zero attached hydrogens (tertiary/aromatic N) is 2. The fourth-order valence-corrected chi connectivity index (χ4v) is 9.38. The molecule has 2 heterocycles. The molecular weight excluding hydrogens is 785 g/mol. The quantitative estimate of drug-likeness (QED) is 0.0404. The van der Waals surface area contributed by atoms with Gasteiger partial charge in [-0.25, -0.2) is 14.4 Å². The van der Waals surface area contributed by atoms with Gasteiger partial charge in [0.2, 0.25) is 0 Å². The van der Waals surface area contributed by atoms with E-state index < -0.39 is 52.7 Å². The van der Waals surface area contributed by atoms with E-state index >= 15 is 0 Å². The van der Waals surface area contributed by atoms with Crippen molar-refractivity contribution >= 4 is 47.4 Å². The molecule has 2 aliphatic rings. The molecule has 5 unspecified atom stereocenters. The zero-order chi connectivity index (χ0) is 42.3. The highest BCUT2D eigenvalue weighted by Gasteiger charge is 2.73. The Morgan fingerprint density at radius 1 is 0.759 bits per heavy atom. The molecule has 16 heteroatoms. The highest BCUT2D eigenvalue weighted by atomic mass is 32.2. The Morgan fingerprint density at radius 2 is 1.31 bits per heavy atom. The fraction of sp³-hybridized carbons (Fsp3) is 0.619. The number of carbonyl (C=O) groups excluding carboxylic acids is 4. The molecule has 0 bridgehead atoms. The number of carbonyl (C=O) groups is 4. The largest absolute Gasteiger partial charge is 0.497 e. The van der Waals surface area contributed by atoms with Crippen molar-refractivity contribution in [1.82, 2.24) is 9.80 Å². The second-order valence-electron chi connectivity index (χ2n) is 14.7. The first kappa shape index (κ1) is 47.1. The van der Waals surface area contributed by atoms with E-state index in [1.54, 1.807) is 37.7 Å². The number of epoxide rings is 1. The smallest absolute Gasteiger partial charge is 0.369 e. The van der Waals surface area contributed by atoms with Gasteiger partial charge in [-0.15, -0.1) is 0 Å². The zero-order valence-corrected chi connectivity index (χ0v) is 36.5. The molecule has 2 aliphatic heterocycles. The summed E-state index contributed by atoms with van der Waals surface area (Å²) in [6, 6.07) is 14.7. The summed E-state index contributed by atoms with van der Waals surface area (Å²) in [6.45, 7) is 5.94. The highest BCUT2D eigenvalue weighted by Crippen LogP contribution is 2.46. The van der Waals surface area contributed by atoms with Gasteiger partial charge in [-0.1, -0.05) is 57.4 Å². The van der Waals surface area contributed by atoms with Crippen molar-refractivity contribution in [1.29, 1.82) is 0 Å². The number of rotatable bonds is 28. The summed E-state index contributed by atoms with van der Waals surface area (Å²) < 4.78 is 32.6. The van der Waals surface area contributed by atoms with E-state index in [-0.39, 0.29) is 6.54 Å². The monoisotopic (exact) mass is 846 g/mol. The molecule has 0 aliphatic carbocycles. The van der Waals surface area contributed by atoms with Gasteiger partial charge in [0.05, 0.1) is 34.4 Å². The van der Waals surface area contributed by atoms with Gasteiger partial charge in [-0.3, -0.25) is 14.6 Å². The maximum absolute atomic E-state index is 13.6. The van der Waals surface area contributed by atoms with Crippen LogP contribution in [-0.2, 0) is 49.6 Å². The van der Waals surface area contributed by atoms with E-state index in [1.165, 1.54) is 14.2 Å². The SMILES string of the molecule is CCCCC(C(N)C(=O)OC)C1(N(CCSCc2ccc(OC)cc2)CCN(CCSCc2ccc(OC)cc2)CC2(CCCC)OC(=O)C2(N)C(=O)OC)OC1=O. The zero-order valence-electron chi connectivity index (χ0n) is 34.8. The molecule has 2 saturated heterocycles. The predicted molar refractivity (Wildman–Crippen MR) is 225 cm³/mol. The third-order valence-electron chi connectivity index (χ3n) is 11.1. The average Bonchev–Trinajstić information content (AvgIpc) is 3.93. The van der Waals surface area contributed by atoms with Crippen LogP contribution < -0.4 is 20.9 Å². The van der Waals surface area contributed by atoms with Crippen LogP contribution in [0.3, 0.4) is 0 Å². The molecule has 0 amide bonds. The van der Waals surface area contributed by atoms with Crippen molar-refractivity contribution in [3.63, 3.8) is 0 Å². The fourth-order valence-electron chi connectivity index (χ4n) is 7.50. The van der Waals surface area contributed by atoms with Crippen molar-refractivity contribution in [2.24, 2.45) is 17.4 Å². The molecule has 58 heavy (non-hydrogen) atoms. The van der Waals surface area contributed by atoms with E-state index in [0.717, 1.165) is 53.4 Å². The molecule has 2 fully saturated rings. The summed E-state index contributed by atoms with van der Waals surface area (Å²) in [5.74, 6) is 1.03. The lowest BCUT2D eigenvalue weighted by Crippen LogP contribution is -2.83. The van der Waals surface area contributed by atoms with Gasteiger partial charge in [0.25, 0.3) is 11.3 Å². The molecule has 0 aromatic heterocycles. The molecule has 14 nitrogen and oxygen atoms in total. The molecule has 0 saturated carbocycles. The minimum absolute atomic E-state index is 0.163. The average molecular weight is 847 g/mol. The normalized spacial score (nSPS) is 22.1. The number of nitrogens with two attached hydrogens (primary N) is 2. The molecule has 2 aromatic carbocycles. The first-order valence-electron chi connectivity index (χ1n) is 20.0. The molecule has 0 radical (unpaired) electrons. The van der Waals surface area contributed by atoms with E-state index in [9.17, 15) is 19.2 Å². The Labute approximate surface area is 351 Å².